The molecule has 17 heteroatoms. The van der Waals surface area contributed by atoms with Gasteiger partial charge in [-0.2, -0.15) is 0 Å². The highest BCUT2D eigenvalue weighted by atomic mass is 35.5. The Labute approximate surface area is 396 Å². The number of halogens is 1. The highest BCUT2D eigenvalue weighted by molar-refractivity contribution is 6.30. The van der Waals surface area contributed by atoms with Gasteiger partial charge in [0.2, 0.25) is 29.5 Å². The zero-order chi connectivity index (χ0) is 49.8. The molecule has 368 valence electrons. The first-order chi connectivity index (χ1) is 31.0. The number of hydrogen-bond donors (Lipinski definition) is 4. The molecule has 66 heavy (non-hydrogen) atoms. The largest absolute Gasteiger partial charge is 0.456 e. The van der Waals surface area contributed by atoms with Crippen molar-refractivity contribution in [3.63, 3.8) is 0 Å². The second-order valence-electron chi connectivity index (χ2n) is 18.0. The number of esters is 2. The minimum absolute atomic E-state index is 0.00565. The van der Waals surface area contributed by atoms with Crippen molar-refractivity contribution in [1.29, 1.82) is 0 Å². The monoisotopic (exact) mass is 943 g/mol. The van der Waals surface area contributed by atoms with Gasteiger partial charge in [-0.05, 0) is 107 Å². The summed E-state index contributed by atoms with van der Waals surface area (Å²) in [5.41, 5.74) is 1.71. The molecule has 1 aromatic rings. The first-order valence-corrected chi connectivity index (χ1v) is 23.5. The molecule has 0 saturated carbocycles. The van der Waals surface area contributed by atoms with Gasteiger partial charge in [0.05, 0.1) is 6.54 Å². The van der Waals surface area contributed by atoms with Gasteiger partial charge in [-0.15, -0.1) is 0 Å². The fourth-order valence-electron chi connectivity index (χ4n) is 7.43. The second-order valence-corrected chi connectivity index (χ2v) is 18.5. The van der Waals surface area contributed by atoms with Gasteiger partial charge in [0.1, 0.15) is 30.3 Å². The molecule has 1 aromatic carbocycles. The zero-order valence-electron chi connectivity index (χ0n) is 41.1. The van der Waals surface area contributed by atoms with E-state index in [4.69, 9.17) is 21.1 Å². The fourth-order valence-corrected chi connectivity index (χ4v) is 7.56. The van der Waals surface area contributed by atoms with Crippen molar-refractivity contribution in [2.45, 2.75) is 157 Å². The van der Waals surface area contributed by atoms with Gasteiger partial charge in [0.15, 0.2) is 6.10 Å². The number of benzene rings is 1. The zero-order valence-corrected chi connectivity index (χ0v) is 41.8. The van der Waals surface area contributed by atoms with Gasteiger partial charge < -0.3 is 40.5 Å². The maximum Gasteiger partial charge on any atom is 0.334 e. The van der Waals surface area contributed by atoms with Gasteiger partial charge >= 0.3 is 11.9 Å². The first kappa shape index (κ1) is 56.9. The minimum Gasteiger partial charge on any atom is -0.456 e. The molecule has 4 N–H and O–H groups in total. The third-order valence-corrected chi connectivity index (χ3v) is 12.2. The lowest BCUT2D eigenvalue weighted by Gasteiger charge is -2.34. The Morgan fingerprint density at radius 1 is 0.924 bits per heavy atom. The van der Waals surface area contributed by atoms with E-state index in [2.05, 4.69) is 21.3 Å². The van der Waals surface area contributed by atoms with E-state index in [-0.39, 0.29) is 48.5 Å². The maximum absolute atomic E-state index is 14.7. The van der Waals surface area contributed by atoms with Crippen molar-refractivity contribution < 1.29 is 47.8 Å². The van der Waals surface area contributed by atoms with Crippen LogP contribution < -0.4 is 21.3 Å². The standard InChI is InChI=1S/C49H75ClN6O10/c1-13-30(5)42-45(60)52-34(9)49(64)66-43(31(6)14-2)32(7)18-17-19-33(8)48(63)65-40(26-29(3)4)44(59)53-38(20-15-16-25-51-35(10)57)46(61)56(12)39(27-36-21-23-37(50)24-22-36)47(62)55(11)28-41(58)54-42/h14,19,21-24,29-30,32,34,38-40,42-43H,13,15-18,20,25-28H2,1-12H3,(H,51,57)(H,52,60)(H,53,59)(H,54,58)/b31-14+,33-19+/t30-,32+,34-,38+,39-,40-,42+,43-/m1/s1. The molecule has 0 spiro atoms. The predicted octanol–water partition coefficient (Wildman–Crippen LogP) is 5.21. The van der Waals surface area contributed by atoms with Crippen molar-refractivity contribution in [1.82, 2.24) is 31.1 Å². The van der Waals surface area contributed by atoms with Gasteiger partial charge in [-0.25, -0.2) is 9.59 Å². The van der Waals surface area contributed by atoms with Crippen LogP contribution in [0.1, 0.15) is 120 Å². The van der Waals surface area contributed by atoms with E-state index in [9.17, 15) is 38.4 Å². The lowest BCUT2D eigenvalue weighted by molar-refractivity contribution is -0.154. The van der Waals surface area contributed by atoms with Crippen molar-refractivity contribution in [3.8, 4) is 0 Å². The van der Waals surface area contributed by atoms with Crippen LogP contribution in [0.2, 0.25) is 5.02 Å². The molecule has 6 amide bonds. The van der Waals surface area contributed by atoms with Gasteiger partial charge in [0.25, 0.3) is 5.91 Å². The molecule has 0 aliphatic carbocycles. The molecule has 1 aliphatic rings. The van der Waals surface area contributed by atoms with Gasteiger partial charge in [0, 0.05) is 44.6 Å². The van der Waals surface area contributed by atoms with E-state index in [1.165, 1.54) is 32.8 Å². The molecule has 2 rings (SSSR count). The number of nitrogens with zero attached hydrogens (tertiary/aromatic N) is 2. The third kappa shape index (κ3) is 18.6. The van der Waals surface area contributed by atoms with Crippen molar-refractivity contribution >= 4 is 59.0 Å². The maximum atomic E-state index is 14.7. The molecule has 16 nitrogen and oxygen atoms in total. The first-order valence-electron chi connectivity index (χ1n) is 23.1. The molecule has 1 aliphatic heterocycles. The molecule has 0 saturated heterocycles. The van der Waals surface area contributed by atoms with Crippen molar-refractivity contribution in [2.24, 2.45) is 17.8 Å². The predicted molar refractivity (Wildman–Crippen MR) is 254 cm³/mol. The van der Waals surface area contributed by atoms with E-state index in [1.807, 2.05) is 47.6 Å². The number of likely N-dealkylation sites (N-methyl/N-ethyl adjacent to an activating group) is 2. The van der Waals surface area contributed by atoms with Crippen LogP contribution in [0.25, 0.3) is 0 Å². The summed E-state index contributed by atoms with van der Waals surface area (Å²) in [4.78, 5) is 112. The lowest BCUT2D eigenvalue weighted by Crippen LogP contribution is -2.58. The van der Waals surface area contributed by atoms with Crippen LogP contribution in [0, 0.1) is 17.8 Å². The van der Waals surface area contributed by atoms with Crippen LogP contribution in [0.4, 0.5) is 0 Å². The van der Waals surface area contributed by atoms with E-state index in [1.54, 1.807) is 44.2 Å². The molecular formula is C49H75ClN6O10. The Morgan fingerprint density at radius 3 is 2.17 bits per heavy atom. The quantitative estimate of drug-likeness (QED) is 0.122. The SMILES string of the molecule is C/C=C(\C)[C@H]1OC(=O)[C@@H](C)NC(=O)[C@H]([C@H](C)CC)NC(=O)CN(C)C(=O)[C@@H](Cc2ccc(Cl)cc2)N(C)C(=O)[C@H](CCCCNC(C)=O)NC(=O)[C@@H](CC(C)C)OC(=O)/C(C)=C/CC[C@@H]1C. The summed E-state index contributed by atoms with van der Waals surface area (Å²) in [6.45, 7) is 17.3. The summed E-state index contributed by atoms with van der Waals surface area (Å²) in [7, 11) is 2.85. The molecule has 0 fully saturated rings. The van der Waals surface area contributed by atoms with Crippen LogP contribution >= 0.6 is 11.6 Å². The Kier molecular flexibility index (Phi) is 24.2. The van der Waals surface area contributed by atoms with Crippen LogP contribution in [0.3, 0.4) is 0 Å². The Hall–Kier alpha value is -5.25. The number of unbranched alkanes of at least 4 members (excludes halogenated alkanes) is 1. The second kappa shape index (κ2) is 28.0. The number of rotatable bonds is 12. The van der Waals surface area contributed by atoms with Crippen molar-refractivity contribution in [2.75, 3.05) is 27.2 Å². The van der Waals surface area contributed by atoms with E-state index >= 15 is 0 Å². The van der Waals surface area contributed by atoms with Crippen LogP contribution in [-0.2, 0) is 54.3 Å². The molecule has 0 bridgehead atoms. The normalized spacial score (nSPS) is 25.8. The number of ether oxygens (including phenoxy) is 2. The van der Waals surface area contributed by atoms with E-state index in [0.29, 0.717) is 49.2 Å². The van der Waals surface area contributed by atoms with E-state index in [0.717, 1.165) is 10.5 Å². The summed E-state index contributed by atoms with van der Waals surface area (Å²) in [5, 5.41) is 11.5. The summed E-state index contributed by atoms with van der Waals surface area (Å²) >= 11 is 6.18. The molecule has 1 heterocycles. The Morgan fingerprint density at radius 2 is 1.58 bits per heavy atom. The minimum atomic E-state index is -1.27. The van der Waals surface area contributed by atoms with Crippen LogP contribution in [0.5, 0.6) is 0 Å². The fraction of sp³-hybridized carbons (Fsp3) is 0.633. The Balaban J connectivity index is 2.72. The topological polar surface area (TPSA) is 210 Å². The van der Waals surface area contributed by atoms with Crippen molar-refractivity contribution in [3.05, 3.63) is 58.1 Å². The van der Waals surface area contributed by atoms with Gasteiger partial charge in [-0.3, -0.25) is 28.8 Å². The van der Waals surface area contributed by atoms with Crippen LogP contribution in [-0.4, -0.2) is 121 Å². The summed E-state index contributed by atoms with van der Waals surface area (Å²) in [6.07, 6.45) is 4.18. The highest BCUT2D eigenvalue weighted by Gasteiger charge is 2.37. The number of hydrogen-bond acceptors (Lipinski definition) is 10. The molecule has 0 unspecified atom stereocenters. The Bertz CT molecular complexity index is 1900. The number of carbonyl (C=O) groups is 8. The molecule has 0 radical (unpaired) electrons. The summed E-state index contributed by atoms with van der Waals surface area (Å²) < 4.78 is 11.8. The number of allylic oxidation sites excluding steroid dienone is 2. The smallest absolute Gasteiger partial charge is 0.334 e. The van der Waals surface area contributed by atoms with Gasteiger partial charge in [-0.1, -0.05) is 76.9 Å². The molecular weight excluding hydrogens is 868 g/mol. The van der Waals surface area contributed by atoms with E-state index < -0.39 is 84.4 Å². The number of nitrogens with one attached hydrogen (secondary N) is 4. The third-order valence-electron chi connectivity index (χ3n) is 11.9. The molecule has 0 aromatic heterocycles. The average molecular weight is 944 g/mol. The lowest BCUT2D eigenvalue weighted by atomic mass is 9.93. The highest BCUT2D eigenvalue weighted by Crippen LogP contribution is 2.24. The summed E-state index contributed by atoms with van der Waals surface area (Å²) in [6, 6.07) is 2.20. The number of carbonyl (C=O) groups excluding carboxylic acids is 8. The molecule has 8 atom stereocenters. The number of cyclic esters (lactones) is 2. The van der Waals surface area contributed by atoms with Crippen LogP contribution in [0.15, 0.2) is 47.6 Å². The number of amides is 6. The summed E-state index contributed by atoms with van der Waals surface area (Å²) in [5.74, 6) is -5.45. The average Bonchev–Trinajstić information content (AvgIpc) is 3.26.